The van der Waals surface area contributed by atoms with Gasteiger partial charge in [0.25, 0.3) is 17.6 Å². The Bertz CT molecular complexity index is 961. The highest BCUT2D eigenvalue weighted by atomic mass is 19.1. The summed E-state index contributed by atoms with van der Waals surface area (Å²) < 4.78 is 14.9. The van der Waals surface area contributed by atoms with Crippen molar-refractivity contribution in [3.63, 3.8) is 0 Å². The van der Waals surface area contributed by atoms with Crippen molar-refractivity contribution < 1.29 is 23.9 Å². The summed E-state index contributed by atoms with van der Waals surface area (Å²) in [6, 6.07) is 3.71. The van der Waals surface area contributed by atoms with Crippen molar-refractivity contribution in [2.24, 2.45) is 7.05 Å². The van der Waals surface area contributed by atoms with Crippen molar-refractivity contribution in [1.29, 1.82) is 0 Å². The minimum atomic E-state index is -0.837. The first-order valence-electron chi connectivity index (χ1n) is 9.31. The molecule has 2 aromatic rings. The highest BCUT2D eigenvalue weighted by Gasteiger charge is 2.29. The minimum Gasteiger partial charge on any atom is -0.394 e. The van der Waals surface area contributed by atoms with Crippen LogP contribution in [0.3, 0.4) is 0 Å². The molecule has 0 aliphatic carbocycles. The van der Waals surface area contributed by atoms with Gasteiger partial charge in [0, 0.05) is 18.4 Å². The number of nitrogens with zero attached hydrogens (tertiary/aromatic N) is 1. The van der Waals surface area contributed by atoms with Crippen molar-refractivity contribution in [2.75, 3.05) is 11.9 Å². The number of carbonyl (C=O) groups is 3. The Morgan fingerprint density at radius 3 is 2.41 bits per heavy atom. The third-order valence-electron chi connectivity index (χ3n) is 5.04. The lowest BCUT2D eigenvalue weighted by molar-refractivity contribution is -0.118. The molecule has 29 heavy (non-hydrogen) atoms. The Morgan fingerprint density at radius 2 is 1.86 bits per heavy atom. The lowest BCUT2D eigenvalue weighted by Gasteiger charge is -2.13. The summed E-state index contributed by atoms with van der Waals surface area (Å²) in [6.07, 6.45) is 0.478. The van der Waals surface area contributed by atoms with Gasteiger partial charge in [0.05, 0.1) is 23.9 Å². The molecule has 0 bridgehead atoms. The van der Waals surface area contributed by atoms with E-state index in [1.165, 1.54) is 22.8 Å². The molecule has 0 aliphatic rings. The average molecular weight is 403 g/mol. The summed E-state index contributed by atoms with van der Waals surface area (Å²) in [4.78, 5) is 37.8. The normalized spacial score (nSPS) is 11.8. The molecular weight excluding hydrogens is 377 g/mol. The molecule has 156 valence electrons. The van der Waals surface area contributed by atoms with Crippen molar-refractivity contribution in [1.82, 2.24) is 9.88 Å². The summed E-state index contributed by atoms with van der Waals surface area (Å²) in [5.74, 6) is -2.45. The zero-order chi connectivity index (χ0) is 21.9. The number of carbonyl (C=O) groups excluding carboxylic acids is 3. The molecule has 0 fully saturated rings. The molecular formula is C21H26FN3O4. The molecule has 0 spiro atoms. The van der Waals surface area contributed by atoms with Gasteiger partial charge < -0.3 is 20.3 Å². The third-order valence-corrected chi connectivity index (χ3v) is 5.04. The first-order valence-corrected chi connectivity index (χ1v) is 9.31. The molecule has 1 heterocycles. The van der Waals surface area contributed by atoms with Crippen LogP contribution in [0.15, 0.2) is 18.2 Å². The third kappa shape index (κ3) is 4.54. The highest BCUT2D eigenvalue weighted by molar-refractivity contribution is 6.43. The maximum Gasteiger partial charge on any atom is 0.294 e. The fourth-order valence-corrected chi connectivity index (χ4v) is 3.19. The number of halogens is 1. The van der Waals surface area contributed by atoms with Crippen molar-refractivity contribution in [2.45, 2.75) is 40.2 Å². The van der Waals surface area contributed by atoms with E-state index in [0.717, 1.165) is 0 Å². The monoisotopic (exact) mass is 403 g/mol. The van der Waals surface area contributed by atoms with Gasteiger partial charge in [0.15, 0.2) is 0 Å². The van der Waals surface area contributed by atoms with E-state index in [1.807, 2.05) is 0 Å². The molecule has 0 radical (unpaired) electrons. The SMILES string of the molecule is CCC(CO)NC(=O)C(=O)c1c(C)c(C(=O)Nc2ccc(F)c(C)c2)c(C)n1C. The fraction of sp³-hybridized carbons (Fsp3) is 0.381. The molecule has 0 saturated carbocycles. The number of aromatic nitrogens is 1. The topological polar surface area (TPSA) is 100 Å². The molecule has 0 saturated heterocycles. The van der Waals surface area contributed by atoms with Crippen LogP contribution in [0, 0.1) is 26.6 Å². The largest absolute Gasteiger partial charge is 0.394 e. The number of ketones is 1. The number of aliphatic hydroxyl groups is 1. The molecule has 1 aromatic carbocycles. The molecule has 3 N–H and O–H groups in total. The number of amides is 2. The van der Waals surface area contributed by atoms with Gasteiger partial charge in [-0.15, -0.1) is 0 Å². The van der Waals surface area contributed by atoms with Crippen molar-refractivity contribution >= 4 is 23.3 Å². The van der Waals surface area contributed by atoms with E-state index >= 15 is 0 Å². The van der Waals surface area contributed by atoms with Crippen molar-refractivity contribution in [3.8, 4) is 0 Å². The van der Waals surface area contributed by atoms with Gasteiger partial charge in [-0.05, 0) is 56.5 Å². The second-order valence-corrected chi connectivity index (χ2v) is 7.00. The predicted molar refractivity (Wildman–Crippen MR) is 108 cm³/mol. The van der Waals surface area contributed by atoms with E-state index in [1.54, 1.807) is 34.7 Å². The lowest BCUT2D eigenvalue weighted by Crippen LogP contribution is -2.41. The van der Waals surface area contributed by atoms with Crippen LogP contribution in [-0.4, -0.2) is 39.9 Å². The number of benzene rings is 1. The molecule has 1 atom stereocenters. The zero-order valence-electron chi connectivity index (χ0n) is 17.2. The Morgan fingerprint density at radius 1 is 1.21 bits per heavy atom. The van der Waals surface area contributed by atoms with Crippen molar-refractivity contribution in [3.05, 3.63) is 52.1 Å². The zero-order valence-corrected chi connectivity index (χ0v) is 17.2. The van der Waals surface area contributed by atoms with E-state index in [2.05, 4.69) is 10.6 Å². The molecule has 7 nitrogen and oxygen atoms in total. The molecule has 1 aromatic heterocycles. The van der Waals surface area contributed by atoms with Gasteiger partial charge in [-0.2, -0.15) is 0 Å². The van der Waals surface area contributed by atoms with Gasteiger partial charge in [-0.3, -0.25) is 14.4 Å². The molecule has 2 amide bonds. The Hall–Kier alpha value is -3.00. The predicted octanol–water partition coefficient (Wildman–Crippen LogP) is 2.41. The summed E-state index contributed by atoms with van der Waals surface area (Å²) in [5.41, 5.74) is 2.10. The van der Waals surface area contributed by atoms with Gasteiger partial charge in [-0.1, -0.05) is 6.92 Å². The van der Waals surface area contributed by atoms with Gasteiger partial charge in [0.2, 0.25) is 0 Å². The highest BCUT2D eigenvalue weighted by Crippen LogP contribution is 2.24. The van der Waals surface area contributed by atoms with Crippen LogP contribution >= 0.6 is 0 Å². The van der Waals surface area contributed by atoms with E-state index in [0.29, 0.717) is 28.9 Å². The quantitative estimate of drug-likeness (QED) is 0.488. The fourth-order valence-electron chi connectivity index (χ4n) is 3.19. The molecule has 0 aliphatic heterocycles. The van der Waals surface area contributed by atoms with E-state index < -0.39 is 23.6 Å². The van der Waals surface area contributed by atoms with Crippen LogP contribution in [0.5, 0.6) is 0 Å². The standard InChI is InChI=1S/C21H26FN3O4/c1-6-14(10-26)23-21(29)19(27)18-12(3)17(13(4)25(18)5)20(28)24-15-7-8-16(22)11(2)9-15/h7-9,14,26H,6,10H2,1-5H3,(H,23,29)(H,24,28). The van der Waals surface area contributed by atoms with Crippen LogP contribution in [0.1, 0.15) is 51.0 Å². The molecule has 1 unspecified atom stereocenters. The number of aliphatic hydroxyl groups excluding tert-OH is 1. The first kappa shape index (κ1) is 22.3. The number of rotatable bonds is 7. The molecule has 8 heteroatoms. The minimum absolute atomic E-state index is 0.105. The number of hydrogen-bond acceptors (Lipinski definition) is 4. The average Bonchev–Trinajstić information content (AvgIpc) is 2.90. The van der Waals surface area contributed by atoms with Gasteiger partial charge in [0.1, 0.15) is 5.82 Å². The maximum atomic E-state index is 13.4. The first-order chi connectivity index (χ1) is 13.6. The van der Waals surface area contributed by atoms with Crippen LogP contribution in [0.25, 0.3) is 0 Å². The summed E-state index contributed by atoms with van der Waals surface area (Å²) in [5, 5.41) is 14.4. The number of anilines is 1. The summed E-state index contributed by atoms with van der Waals surface area (Å²) in [7, 11) is 1.60. The number of hydrogen-bond donors (Lipinski definition) is 3. The van der Waals surface area contributed by atoms with Crippen LogP contribution in [-0.2, 0) is 11.8 Å². The van der Waals surface area contributed by atoms with Crippen LogP contribution in [0.2, 0.25) is 0 Å². The van der Waals surface area contributed by atoms with E-state index in [9.17, 15) is 23.9 Å². The second kappa shape index (κ2) is 9.00. The van der Waals surface area contributed by atoms with Gasteiger partial charge in [-0.25, -0.2) is 4.39 Å². The lowest BCUT2D eigenvalue weighted by atomic mass is 10.1. The Labute approximate surface area is 168 Å². The number of nitrogens with one attached hydrogen (secondary N) is 2. The van der Waals surface area contributed by atoms with Crippen LogP contribution in [0.4, 0.5) is 10.1 Å². The van der Waals surface area contributed by atoms with E-state index in [4.69, 9.17) is 0 Å². The number of aryl methyl sites for hydroxylation is 1. The summed E-state index contributed by atoms with van der Waals surface area (Å²) >= 11 is 0. The smallest absolute Gasteiger partial charge is 0.294 e. The Kier molecular flexibility index (Phi) is 6.92. The van der Waals surface area contributed by atoms with Crippen LogP contribution < -0.4 is 10.6 Å². The number of Topliss-reactive ketones (excluding diaryl/α,β-unsaturated/α-hetero) is 1. The second-order valence-electron chi connectivity index (χ2n) is 7.00. The van der Waals surface area contributed by atoms with Gasteiger partial charge >= 0.3 is 0 Å². The Balaban J connectivity index is 2.33. The van der Waals surface area contributed by atoms with E-state index in [-0.39, 0.29) is 23.7 Å². The molecule has 2 rings (SSSR count). The summed E-state index contributed by atoms with van der Waals surface area (Å²) in [6.45, 7) is 6.38. The maximum absolute atomic E-state index is 13.4.